The van der Waals surface area contributed by atoms with Gasteiger partial charge in [-0.15, -0.1) is 11.3 Å². The van der Waals surface area contributed by atoms with Gasteiger partial charge in [-0.25, -0.2) is 8.42 Å². The van der Waals surface area contributed by atoms with Gasteiger partial charge in [0.2, 0.25) is 0 Å². The Bertz CT molecular complexity index is 575. The number of aliphatic hydroxyl groups excluding tert-OH is 1. The van der Waals surface area contributed by atoms with Crippen LogP contribution in [0.25, 0.3) is 0 Å². The normalized spacial score (nSPS) is 28.8. The highest BCUT2D eigenvalue weighted by Crippen LogP contribution is 2.44. The highest BCUT2D eigenvalue weighted by Gasteiger charge is 2.49. The molecule has 0 aliphatic carbocycles. The molecule has 0 aromatic carbocycles. The molecule has 1 aromatic rings. The Morgan fingerprint density at radius 1 is 1.65 bits per heavy atom. The van der Waals surface area contributed by atoms with E-state index in [4.69, 9.17) is 11.6 Å². The van der Waals surface area contributed by atoms with Crippen molar-refractivity contribution in [3.05, 3.63) is 21.3 Å². The summed E-state index contributed by atoms with van der Waals surface area (Å²) in [7, 11) is -3.22. The number of rotatable bonds is 2. The van der Waals surface area contributed by atoms with E-state index in [1.165, 1.54) is 11.3 Å². The van der Waals surface area contributed by atoms with Crippen LogP contribution in [0.2, 0.25) is 5.02 Å². The zero-order chi connectivity index (χ0) is 12.7. The van der Waals surface area contributed by atoms with Crippen molar-refractivity contribution in [2.75, 3.05) is 11.5 Å². The van der Waals surface area contributed by atoms with E-state index >= 15 is 0 Å². The minimum absolute atomic E-state index is 0.0449. The lowest BCUT2D eigenvalue weighted by atomic mass is 9.82. The Balaban J connectivity index is 2.35. The Hall–Kier alpha value is -0.610. The van der Waals surface area contributed by atoms with E-state index in [1.807, 2.05) is 6.07 Å². The van der Waals surface area contributed by atoms with E-state index in [-0.39, 0.29) is 17.9 Å². The van der Waals surface area contributed by atoms with Crippen LogP contribution >= 0.6 is 22.9 Å². The fourth-order valence-corrected chi connectivity index (χ4v) is 5.14. The fourth-order valence-electron chi connectivity index (χ4n) is 1.98. The molecule has 2 rings (SSSR count). The van der Waals surface area contributed by atoms with E-state index in [9.17, 15) is 18.8 Å². The molecule has 1 N–H and O–H groups in total. The third kappa shape index (κ3) is 2.33. The standard InChI is InChI=1S/C10H10ClNO3S2/c11-7-3-8(16-4-7)9(13)10(5-12)1-2-17(14,15)6-10/h3-4,9,13H,1-2,6H2. The molecule has 0 bridgehead atoms. The smallest absolute Gasteiger partial charge is 0.152 e. The number of hydrogen-bond acceptors (Lipinski definition) is 5. The lowest BCUT2D eigenvalue weighted by Crippen LogP contribution is -2.28. The van der Waals surface area contributed by atoms with Crippen LogP contribution in [0.1, 0.15) is 17.4 Å². The molecule has 4 nitrogen and oxygen atoms in total. The predicted octanol–water partition coefficient (Wildman–Crippen LogP) is 1.76. The largest absolute Gasteiger partial charge is 0.386 e. The van der Waals surface area contributed by atoms with Gasteiger partial charge in [0.15, 0.2) is 9.84 Å². The summed E-state index contributed by atoms with van der Waals surface area (Å²) in [6.07, 6.45) is -0.926. The number of nitrogens with zero attached hydrogens (tertiary/aromatic N) is 1. The summed E-state index contributed by atoms with van der Waals surface area (Å²) >= 11 is 6.98. The van der Waals surface area contributed by atoms with Gasteiger partial charge in [0, 0.05) is 10.3 Å². The highest BCUT2D eigenvalue weighted by molar-refractivity contribution is 7.91. The van der Waals surface area contributed by atoms with Crippen LogP contribution in [-0.4, -0.2) is 25.0 Å². The van der Waals surface area contributed by atoms with E-state index in [2.05, 4.69) is 0 Å². The number of halogens is 1. The summed E-state index contributed by atoms with van der Waals surface area (Å²) in [6.45, 7) is 0. The quantitative estimate of drug-likeness (QED) is 0.900. The lowest BCUT2D eigenvalue weighted by molar-refractivity contribution is 0.0826. The Morgan fingerprint density at radius 3 is 2.76 bits per heavy atom. The first-order valence-corrected chi connectivity index (χ1v) is 8.00. The van der Waals surface area contributed by atoms with Gasteiger partial charge < -0.3 is 5.11 Å². The third-order valence-electron chi connectivity index (χ3n) is 2.94. The van der Waals surface area contributed by atoms with Crippen LogP contribution in [0.15, 0.2) is 11.4 Å². The van der Waals surface area contributed by atoms with Crippen molar-refractivity contribution in [1.82, 2.24) is 0 Å². The van der Waals surface area contributed by atoms with Crippen LogP contribution in [-0.2, 0) is 9.84 Å². The molecule has 1 aromatic heterocycles. The van der Waals surface area contributed by atoms with Crippen molar-refractivity contribution in [2.24, 2.45) is 5.41 Å². The third-order valence-corrected chi connectivity index (χ3v) is 6.05. The van der Waals surface area contributed by atoms with Gasteiger partial charge in [-0.3, -0.25) is 0 Å². The summed E-state index contributed by atoms with van der Waals surface area (Å²) in [5.41, 5.74) is -1.23. The second-order valence-electron chi connectivity index (χ2n) is 4.18. The number of aliphatic hydroxyl groups is 1. The Kier molecular flexibility index (Phi) is 3.21. The molecule has 2 heterocycles. The second-order valence-corrected chi connectivity index (χ2v) is 7.74. The average molecular weight is 292 g/mol. The van der Waals surface area contributed by atoms with Crippen LogP contribution in [0.4, 0.5) is 0 Å². The Morgan fingerprint density at radius 2 is 2.35 bits per heavy atom. The van der Waals surface area contributed by atoms with Crippen LogP contribution in [0.5, 0.6) is 0 Å². The zero-order valence-electron chi connectivity index (χ0n) is 8.76. The molecule has 1 fully saturated rings. The van der Waals surface area contributed by atoms with E-state index in [0.717, 1.165) is 0 Å². The molecule has 0 saturated carbocycles. The first-order chi connectivity index (χ1) is 7.88. The van der Waals surface area contributed by atoms with Gasteiger partial charge in [0.05, 0.1) is 22.6 Å². The molecule has 0 spiro atoms. The van der Waals surface area contributed by atoms with Crippen molar-refractivity contribution in [1.29, 1.82) is 5.26 Å². The molecule has 92 valence electrons. The monoisotopic (exact) mass is 291 g/mol. The maximum absolute atomic E-state index is 11.5. The van der Waals surface area contributed by atoms with E-state index in [1.54, 1.807) is 11.4 Å². The summed E-state index contributed by atoms with van der Waals surface area (Å²) in [5, 5.41) is 21.5. The molecular weight excluding hydrogens is 282 g/mol. The van der Waals surface area contributed by atoms with E-state index in [0.29, 0.717) is 9.90 Å². The van der Waals surface area contributed by atoms with Gasteiger partial charge in [0.25, 0.3) is 0 Å². The summed E-state index contributed by atoms with van der Waals surface area (Å²) in [6, 6.07) is 3.55. The van der Waals surface area contributed by atoms with Crippen molar-refractivity contribution >= 4 is 32.8 Å². The van der Waals surface area contributed by atoms with Crippen molar-refractivity contribution in [3.8, 4) is 6.07 Å². The topological polar surface area (TPSA) is 78.2 Å². The maximum atomic E-state index is 11.5. The SMILES string of the molecule is N#CC1(C(O)c2cc(Cl)cs2)CCS(=O)(=O)C1. The minimum atomic E-state index is -3.22. The first-order valence-electron chi connectivity index (χ1n) is 4.92. The molecule has 1 saturated heterocycles. The summed E-state index contributed by atoms with van der Waals surface area (Å²) in [5.74, 6) is -0.329. The van der Waals surface area contributed by atoms with Gasteiger partial charge in [0.1, 0.15) is 11.5 Å². The first kappa shape index (κ1) is 12.8. The molecule has 0 radical (unpaired) electrons. The van der Waals surface area contributed by atoms with E-state index < -0.39 is 21.4 Å². The number of sulfone groups is 1. The minimum Gasteiger partial charge on any atom is -0.386 e. The molecule has 2 unspecified atom stereocenters. The van der Waals surface area contributed by atoms with Crippen molar-refractivity contribution in [2.45, 2.75) is 12.5 Å². The second kappa shape index (κ2) is 4.25. The van der Waals surface area contributed by atoms with Gasteiger partial charge >= 0.3 is 0 Å². The van der Waals surface area contributed by atoms with Gasteiger partial charge in [-0.1, -0.05) is 11.6 Å². The lowest BCUT2D eigenvalue weighted by Gasteiger charge is -2.24. The van der Waals surface area contributed by atoms with Crippen LogP contribution in [0, 0.1) is 16.7 Å². The average Bonchev–Trinajstić information content (AvgIpc) is 2.82. The maximum Gasteiger partial charge on any atom is 0.152 e. The number of hydrogen-bond donors (Lipinski definition) is 1. The molecule has 7 heteroatoms. The van der Waals surface area contributed by atoms with Crippen molar-refractivity contribution in [3.63, 3.8) is 0 Å². The molecule has 17 heavy (non-hydrogen) atoms. The fraction of sp³-hybridized carbons (Fsp3) is 0.500. The summed E-state index contributed by atoms with van der Waals surface area (Å²) in [4.78, 5) is 0.536. The van der Waals surface area contributed by atoms with Gasteiger partial charge in [-0.2, -0.15) is 5.26 Å². The van der Waals surface area contributed by atoms with Crippen LogP contribution < -0.4 is 0 Å². The van der Waals surface area contributed by atoms with Crippen molar-refractivity contribution < 1.29 is 13.5 Å². The summed E-state index contributed by atoms with van der Waals surface area (Å²) < 4.78 is 22.9. The number of thiophene rings is 1. The molecule has 1 aliphatic rings. The van der Waals surface area contributed by atoms with Crippen LogP contribution in [0.3, 0.4) is 0 Å². The predicted molar refractivity (Wildman–Crippen MR) is 65.6 cm³/mol. The molecular formula is C10H10ClNO3S2. The molecule has 2 atom stereocenters. The highest BCUT2D eigenvalue weighted by atomic mass is 35.5. The number of nitriles is 1. The van der Waals surface area contributed by atoms with Gasteiger partial charge in [-0.05, 0) is 12.5 Å². The molecule has 1 aliphatic heterocycles. The Labute approximate surface area is 108 Å². The molecule has 0 amide bonds. The zero-order valence-corrected chi connectivity index (χ0v) is 11.1.